The van der Waals surface area contributed by atoms with E-state index in [0.29, 0.717) is 18.9 Å². The van der Waals surface area contributed by atoms with Crippen LogP contribution < -0.4 is 14.8 Å². The van der Waals surface area contributed by atoms with Crippen molar-refractivity contribution in [2.24, 2.45) is 0 Å². The van der Waals surface area contributed by atoms with Crippen molar-refractivity contribution in [2.45, 2.75) is 19.1 Å². The van der Waals surface area contributed by atoms with Crippen LogP contribution in [0, 0.1) is 0 Å². The van der Waals surface area contributed by atoms with Crippen molar-refractivity contribution >= 4 is 6.03 Å². The normalized spacial score (nSPS) is 17.0. The molecule has 1 N–H and O–H groups in total. The first-order valence-corrected chi connectivity index (χ1v) is 7.94. The number of nitrogens with one attached hydrogen (secondary N) is 1. The van der Waals surface area contributed by atoms with Crippen LogP contribution in [-0.4, -0.2) is 42.2 Å². The molecule has 2 aromatic rings. The van der Waals surface area contributed by atoms with E-state index in [2.05, 4.69) is 10.3 Å². The van der Waals surface area contributed by atoms with Crippen molar-refractivity contribution in [2.75, 3.05) is 20.2 Å². The predicted molar refractivity (Wildman–Crippen MR) is 90.2 cm³/mol. The summed E-state index contributed by atoms with van der Waals surface area (Å²) >= 11 is 0. The Balaban J connectivity index is 1.53. The molecule has 0 fully saturated rings. The standard InChI is InChI=1S/C18H21N3O3/c1-13(15-7-5-6-10-19-15)20-18(22)21(2)11-14-12-23-16-8-3-4-9-17(16)24-14/h3-10,13-14H,11-12H2,1-2H3,(H,20,22)/t13-,14+/m0/s1. The van der Waals surface area contributed by atoms with E-state index in [1.165, 1.54) is 0 Å². The number of aromatic nitrogens is 1. The van der Waals surface area contributed by atoms with Crippen LogP contribution in [0.1, 0.15) is 18.7 Å². The Morgan fingerprint density at radius 2 is 2.04 bits per heavy atom. The Bertz CT molecular complexity index is 693. The predicted octanol–water partition coefficient (Wildman–Crippen LogP) is 2.62. The van der Waals surface area contributed by atoms with Crippen LogP contribution in [0.5, 0.6) is 11.5 Å². The van der Waals surface area contributed by atoms with Gasteiger partial charge in [0, 0.05) is 13.2 Å². The number of likely N-dealkylation sites (N-methyl/N-ethyl adjacent to an activating group) is 1. The van der Waals surface area contributed by atoms with Gasteiger partial charge in [-0.2, -0.15) is 0 Å². The van der Waals surface area contributed by atoms with Gasteiger partial charge in [0.15, 0.2) is 17.6 Å². The van der Waals surface area contributed by atoms with E-state index in [1.807, 2.05) is 49.4 Å². The number of hydrogen-bond acceptors (Lipinski definition) is 4. The Kier molecular flexibility index (Phi) is 4.84. The van der Waals surface area contributed by atoms with Crippen LogP contribution in [0.2, 0.25) is 0 Å². The van der Waals surface area contributed by atoms with E-state index in [-0.39, 0.29) is 18.2 Å². The molecule has 0 bridgehead atoms. The van der Waals surface area contributed by atoms with Gasteiger partial charge in [0.2, 0.25) is 0 Å². The van der Waals surface area contributed by atoms with Gasteiger partial charge in [-0.3, -0.25) is 4.98 Å². The van der Waals surface area contributed by atoms with Gasteiger partial charge in [-0.05, 0) is 31.2 Å². The van der Waals surface area contributed by atoms with Crippen LogP contribution in [0.25, 0.3) is 0 Å². The molecule has 0 saturated heterocycles. The molecule has 2 heterocycles. The number of para-hydroxylation sites is 2. The highest BCUT2D eigenvalue weighted by Gasteiger charge is 2.24. The lowest BCUT2D eigenvalue weighted by Gasteiger charge is -2.30. The topological polar surface area (TPSA) is 63.7 Å². The van der Waals surface area contributed by atoms with E-state index in [1.54, 1.807) is 18.1 Å². The average Bonchev–Trinajstić information content (AvgIpc) is 2.62. The lowest BCUT2D eigenvalue weighted by atomic mass is 10.2. The van der Waals surface area contributed by atoms with E-state index in [9.17, 15) is 4.79 Å². The Morgan fingerprint density at radius 1 is 1.29 bits per heavy atom. The molecule has 24 heavy (non-hydrogen) atoms. The van der Waals surface area contributed by atoms with Crippen molar-refractivity contribution in [1.29, 1.82) is 0 Å². The van der Waals surface area contributed by atoms with Gasteiger partial charge in [-0.1, -0.05) is 18.2 Å². The summed E-state index contributed by atoms with van der Waals surface area (Å²) in [4.78, 5) is 18.2. The van der Waals surface area contributed by atoms with Crippen LogP contribution in [-0.2, 0) is 0 Å². The zero-order valence-corrected chi connectivity index (χ0v) is 13.8. The van der Waals surface area contributed by atoms with E-state index in [4.69, 9.17) is 9.47 Å². The Morgan fingerprint density at radius 3 is 2.79 bits per heavy atom. The molecular formula is C18H21N3O3. The fourth-order valence-electron chi connectivity index (χ4n) is 2.54. The number of ether oxygens (including phenoxy) is 2. The van der Waals surface area contributed by atoms with Gasteiger partial charge in [0.25, 0.3) is 0 Å². The zero-order valence-electron chi connectivity index (χ0n) is 13.8. The molecule has 2 atom stereocenters. The molecule has 0 spiro atoms. The molecule has 1 aliphatic rings. The number of carbonyl (C=O) groups is 1. The monoisotopic (exact) mass is 327 g/mol. The molecule has 1 aromatic heterocycles. The number of benzene rings is 1. The summed E-state index contributed by atoms with van der Waals surface area (Å²) in [5, 5.41) is 2.93. The number of nitrogens with zero attached hydrogens (tertiary/aromatic N) is 2. The van der Waals surface area contributed by atoms with Crippen molar-refractivity contribution < 1.29 is 14.3 Å². The van der Waals surface area contributed by atoms with Crippen molar-refractivity contribution in [3.05, 3.63) is 54.4 Å². The fraction of sp³-hybridized carbons (Fsp3) is 0.333. The highest BCUT2D eigenvalue weighted by atomic mass is 16.6. The molecule has 2 amide bonds. The lowest BCUT2D eigenvalue weighted by molar-refractivity contribution is 0.0713. The largest absolute Gasteiger partial charge is 0.486 e. The maximum Gasteiger partial charge on any atom is 0.317 e. The lowest BCUT2D eigenvalue weighted by Crippen LogP contribution is -2.46. The molecule has 0 unspecified atom stereocenters. The Hall–Kier alpha value is -2.76. The number of urea groups is 1. The molecule has 6 heteroatoms. The molecule has 0 radical (unpaired) electrons. The number of pyridine rings is 1. The molecular weight excluding hydrogens is 306 g/mol. The number of rotatable bonds is 4. The molecule has 1 aliphatic heterocycles. The number of fused-ring (bicyclic) bond motifs is 1. The van der Waals surface area contributed by atoms with E-state index in [0.717, 1.165) is 11.4 Å². The summed E-state index contributed by atoms with van der Waals surface area (Å²) in [6.45, 7) is 2.77. The second-order valence-corrected chi connectivity index (χ2v) is 5.80. The van der Waals surface area contributed by atoms with E-state index < -0.39 is 0 Å². The maximum absolute atomic E-state index is 12.3. The molecule has 3 rings (SSSR count). The first-order chi connectivity index (χ1) is 11.6. The zero-order chi connectivity index (χ0) is 16.9. The first kappa shape index (κ1) is 16.1. The van der Waals surface area contributed by atoms with Gasteiger partial charge >= 0.3 is 6.03 Å². The van der Waals surface area contributed by atoms with Gasteiger partial charge < -0.3 is 19.7 Å². The van der Waals surface area contributed by atoms with Gasteiger partial charge in [-0.25, -0.2) is 4.79 Å². The van der Waals surface area contributed by atoms with Crippen LogP contribution in [0.4, 0.5) is 4.79 Å². The molecule has 0 aliphatic carbocycles. The van der Waals surface area contributed by atoms with Crippen LogP contribution in [0.3, 0.4) is 0 Å². The summed E-state index contributed by atoms with van der Waals surface area (Å²) in [5.74, 6) is 1.45. The fourth-order valence-corrected chi connectivity index (χ4v) is 2.54. The summed E-state index contributed by atoms with van der Waals surface area (Å²) in [6, 6.07) is 12.8. The summed E-state index contributed by atoms with van der Waals surface area (Å²) in [7, 11) is 1.74. The minimum atomic E-state index is -0.194. The third-order valence-electron chi connectivity index (χ3n) is 3.86. The minimum absolute atomic E-state index is 0.162. The van der Waals surface area contributed by atoms with Crippen molar-refractivity contribution in [3.63, 3.8) is 0 Å². The summed E-state index contributed by atoms with van der Waals surface area (Å²) in [6.07, 6.45) is 1.52. The van der Waals surface area contributed by atoms with Crippen LogP contribution in [0.15, 0.2) is 48.7 Å². The molecule has 6 nitrogen and oxygen atoms in total. The smallest absolute Gasteiger partial charge is 0.317 e. The number of carbonyl (C=O) groups excluding carboxylic acids is 1. The second-order valence-electron chi connectivity index (χ2n) is 5.80. The third kappa shape index (κ3) is 3.76. The number of amides is 2. The molecule has 126 valence electrons. The van der Waals surface area contributed by atoms with E-state index >= 15 is 0 Å². The average molecular weight is 327 g/mol. The molecule has 0 saturated carbocycles. The van der Waals surface area contributed by atoms with Gasteiger partial charge in [0.1, 0.15) is 6.61 Å². The quantitative estimate of drug-likeness (QED) is 0.937. The SMILES string of the molecule is C[C@H](NC(=O)N(C)C[C@@H]1COc2ccccc2O1)c1ccccn1. The van der Waals surface area contributed by atoms with Gasteiger partial charge in [0.05, 0.1) is 18.3 Å². The number of hydrogen-bond donors (Lipinski definition) is 1. The first-order valence-electron chi connectivity index (χ1n) is 7.94. The summed E-state index contributed by atoms with van der Waals surface area (Å²) < 4.78 is 11.6. The van der Waals surface area contributed by atoms with Crippen molar-refractivity contribution in [3.8, 4) is 11.5 Å². The minimum Gasteiger partial charge on any atom is -0.486 e. The molecule has 1 aromatic carbocycles. The van der Waals surface area contributed by atoms with Crippen LogP contribution >= 0.6 is 0 Å². The maximum atomic E-state index is 12.3. The van der Waals surface area contributed by atoms with Crippen molar-refractivity contribution in [1.82, 2.24) is 15.2 Å². The third-order valence-corrected chi connectivity index (χ3v) is 3.86. The summed E-state index contributed by atoms with van der Waals surface area (Å²) in [5.41, 5.74) is 0.824. The highest BCUT2D eigenvalue weighted by molar-refractivity contribution is 5.74. The second kappa shape index (κ2) is 7.21. The van der Waals surface area contributed by atoms with Gasteiger partial charge in [-0.15, -0.1) is 0 Å². The Labute approximate surface area is 141 Å². The highest BCUT2D eigenvalue weighted by Crippen LogP contribution is 2.30.